The number of rotatable bonds is 5. The number of phenolic OH excluding ortho intramolecular Hbond substituents is 1. The molecule has 0 spiro atoms. The van der Waals surface area contributed by atoms with Crippen molar-refractivity contribution in [2.75, 3.05) is 13.2 Å². The second kappa shape index (κ2) is 5.90. The van der Waals surface area contributed by atoms with Gasteiger partial charge in [-0.1, -0.05) is 6.07 Å². The number of aliphatic hydroxyl groups excluding tert-OH is 1. The lowest BCUT2D eigenvalue weighted by atomic mass is 10.1. The van der Waals surface area contributed by atoms with Crippen LogP contribution in [0.3, 0.4) is 0 Å². The molecule has 5 nitrogen and oxygen atoms in total. The van der Waals surface area contributed by atoms with Gasteiger partial charge in [-0.2, -0.15) is 4.31 Å². The minimum absolute atomic E-state index is 0.0421. The zero-order valence-electron chi connectivity index (χ0n) is 10.7. The van der Waals surface area contributed by atoms with Crippen molar-refractivity contribution < 1.29 is 18.6 Å². The molecule has 1 aliphatic rings. The molecule has 0 aromatic heterocycles. The number of hydrogen-bond donors (Lipinski definition) is 2. The minimum Gasteiger partial charge on any atom is -0.508 e. The van der Waals surface area contributed by atoms with E-state index in [2.05, 4.69) is 0 Å². The Bertz CT molecular complexity index is 529. The van der Waals surface area contributed by atoms with Crippen molar-refractivity contribution in [2.45, 2.75) is 36.6 Å². The first-order chi connectivity index (χ1) is 9.05. The molecule has 0 amide bonds. The molecule has 1 aliphatic heterocycles. The summed E-state index contributed by atoms with van der Waals surface area (Å²) in [6.07, 6.45) is 2.96. The molecule has 1 aromatic rings. The maximum Gasteiger partial charge on any atom is 0.243 e. The summed E-state index contributed by atoms with van der Waals surface area (Å²) in [4.78, 5) is 0.128. The number of aromatic hydroxyl groups is 1. The van der Waals surface area contributed by atoms with Gasteiger partial charge in [-0.15, -0.1) is 0 Å². The lowest BCUT2D eigenvalue weighted by Gasteiger charge is -2.24. The highest BCUT2D eigenvalue weighted by molar-refractivity contribution is 7.89. The molecule has 0 aliphatic carbocycles. The lowest BCUT2D eigenvalue weighted by Crippen LogP contribution is -2.35. The summed E-state index contributed by atoms with van der Waals surface area (Å²) in [7, 11) is -3.55. The zero-order chi connectivity index (χ0) is 13.9. The van der Waals surface area contributed by atoms with Crippen molar-refractivity contribution in [3.8, 4) is 5.75 Å². The van der Waals surface area contributed by atoms with Crippen LogP contribution < -0.4 is 0 Å². The van der Waals surface area contributed by atoms with E-state index in [9.17, 15) is 13.5 Å². The number of benzene rings is 1. The Morgan fingerprint density at radius 2 is 2.16 bits per heavy atom. The van der Waals surface area contributed by atoms with Crippen LogP contribution in [-0.2, 0) is 10.0 Å². The van der Waals surface area contributed by atoms with Gasteiger partial charge in [0.05, 0.1) is 4.90 Å². The van der Waals surface area contributed by atoms with Crippen LogP contribution in [0.2, 0.25) is 0 Å². The Hall–Kier alpha value is -1.11. The lowest BCUT2D eigenvalue weighted by molar-refractivity contribution is 0.264. The van der Waals surface area contributed by atoms with Gasteiger partial charge in [0.25, 0.3) is 0 Å². The van der Waals surface area contributed by atoms with Crippen LogP contribution in [0.15, 0.2) is 29.2 Å². The van der Waals surface area contributed by atoms with E-state index in [1.807, 2.05) is 0 Å². The van der Waals surface area contributed by atoms with Gasteiger partial charge < -0.3 is 10.2 Å². The van der Waals surface area contributed by atoms with Gasteiger partial charge in [0.2, 0.25) is 10.0 Å². The number of hydrogen-bond acceptors (Lipinski definition) is 4. The molecule has 1 heterocycles. The maximum atomic E-state index is 12.5. The molecular weight excluding hydrogens is 266 g/mol. The Labute approximate surface area is 113 Å². The standard InChI is InChI=1S/C13H19NO4S/c15-9-3-5-11-4-2-8-14(11)19(17,18)13-7-1-6-12(16)10-13/h1,6-7,10-11,15-16H,2-5,8-9H2. The quantitative estimate of drug-likeness (QED) is 0.855. The van der Waals surface area contributed by atoms with Crippen LogP contribution >= 0.6 is 0 Å². The summed E-state index contributed by atoms with van der Waals surface area (Å²) in [5.41, 5.74) is 0. The summed E-state index contributed by atoms with van der Waals surface area (Å²) in [5.74, 6) is -0.0489. The molecule has 19 heavy (non-hydrogen) atoms. The second-order valence-corrected chi connectivity index (χ2v) is 6.67. The Balaban J connectivity index is 2.23. The van der Waals surface area contributed by atoms with E-state index in [0.717, 1.165) is 12.8 Å². The van der Waals surface area contributed by atoms with Gasteiger partial charge >= 0.3 is 0 Å². The fourth-order valence-electron chi connectivity index (χ4n) is 2.52. The smallest absolute Gasteiger partial charge is 0.243 e. The van der Waals surface area contributed by atoms with Crippen LogP contribution in [0, 0.1) is 0 Å². The third kappa shape index (κ3) is 3.08. The number of aliphatic hydroxyl groups is 1. The van der Waals surface area contributed by atoms with Crippen molar-refractivity contribution in [1.82, 2.24) is 4.31 Å². The summed E-state index contributed by atoms with van der Waals surface area (Å²) in [6, 6.07) is 5.71. The molecule has 1 fully saturated rings. The van der Waals surface area contributed by atoms with E-state index in [1.165, 1.54) is 28.6 Å². The number of nitrogens with zero attached hydrogens (tertiary/aromatic N) is 1. The van der Waals surface area contributed by atoms with Crippen LogP contribution in [0.5, 0.6) is 5.75 Å². The predicted octanol–water partition coefficient (Wildman–Crippen LogP) is 1.32. The summed E-state index contributed by atoms with van der Waals surface area (Å²) in [5, 5.41) is 18.3. The molecule has 1 unspecified atom stereocenters. The normalized spacial score (nSPS) is 20.8. The zero-order valence-corrected chi connectivity index (χ0v) is 11.5. The van der Waals surface area contributed by atoms with Gasteiger partial charge in [0, 0.05) is 19.2 Å². The number of phenols is 1. The van der Waals surface area contributed by atoms with Crippen LogP contribution in [-0.4, -0.2) is 42.1 Å². The highest BCUT2D eigenvalue weighted by Gasteiger charge is 2.34. The minimum atomic E-state index is -3.55. The Morgan fingerprint density at radius 3 is 2.84 bits per heavy atom. The van der Waals surface area contributed by atoms with E-state index in [-0.39, 0.29) is 23.3 Å². The van der Waals surface area contributed by atoms with E-state index in [1.54, 1.807) is 0 Å². The van der Waals surface area contributed by atoms with E-state index in [0.29, 0.717) is 19.4 Å². The van der Waals surface area contributed by atoms with Gasteiger partial charge in [0.1, 0.15) is 5.75 Å². The molecule has 1 atom stereocenters. The molecule has 2 rings (SSSR count). The van der Waals surface area contributed by atoms with Crippen molar-refractivity contribution in [1.29, 1.82) is 0 Å². The largest absolute Gasteiger partial charge is 0.508 e. The van der Waals surface area contributed by atoms with E-state index < -0.39 is 10.0 Å². The topological polar surface area (TPSA) is 77.8 Å². The molecule has 2 N–H and O–H groups in total. The maximum absolute atomic E-state index is 12.5. The van der Waals surface area contributed by atoms with E-state index >= 15 is 0 Å². The summed E-state index contributed by atoms with van der Waals surface area (Å²) >= 11 is 0. The molecule has 0 bridgehead atoms. The third-order valence-electron chi connectivity index (χ3n) is 3.44. The van der Waals surface area contributed by atoms with Crippen LogP contribution in [0.25, 0.3) is 0 Å². The predicted molar refractivity (Wildman–Crippen MR) is 71.3 cm³/mol. The van der Waals surface area contributed by atoms with Crippen molar-refractivity contribution >= 4 is 10.0 Å². The first-order valence-corrected chi connectivity index (χ1v) is 7.91. The fourth-order valence-corrected chi connectivity index (χ4v) is 4.28. The first kappa shape index (κ1) is 14.3. The fraction of sp³-hybridized carbons (Fsp3) is 0.538. The molecule has 6 heteroatoms. The van der Waals surface area contributed by atoms with Gasteiger partial charge in [-0.05, 0) is 43.9 Å². The molecule has 1 saturated heterocycles. The van der Waals surface area contributed by atoms with Gasteiger partial charge in [0.15, 0.2) is 0 Å². The average Bonchev–Trinajstić information content (AvgIpc) is 2.85. The molecule has 106 valence electrons. The Morgan fingerprint density at radius 1 is 1.37 bits per heavy atom. The van der Waals surface area contributed by atoms with Gasteiger partial charge in [-0.3, -0.25) is 0 Å². The molecule has 1 aromatic carbocycles. The third-order valence-corrected chi connectivity index (χ3v) is 5.39. The van der Waals surface area contributed by atoms with Crippen molar-refractivity contribution in [2.24, 2.45) is 0 Å². The highest BCUT2D eigenvalue weighted by atomic mass is 32.2. The SMILES string of the molecule is O=S(=O)(c1cccc(O)c1)N1CCCC1CCCO. The number of sulfonamides is 1. The molecule has 0 radical (unpaired) electrons. The Kier molecular flexibility index (Phi) is 4.44. The molecule has 0 saturated carbocycles. The second-order valence-electron chi connectivity index (χ2n) is 4.77. The van der Waals surface area contributed by atoms with Crippen molar-refractivity contribution in [3.05, 3.63) is 24.3 Å². The van der Waals surface area contributed by atoms with Crippen LogP contribution in [0.4, 0.5) is 0 Å². The highest BCUT2D eigenvalue weighted by Crippen LogP contribution is 2.29. The summed E-state index contributed by atoms with van der Waals surface area (Å²) < 4.78 is 26.5. The van der Waals surface area contributed by atoms with Crippen molar-refractivity contribution in [3.63, 3.8) is 0 Å². The molecular formula is C13H19NO4S. The van der Waals surface area contributed by atoms with Crippen LogP contribution in [0.1, 0.15) is 25.7 Å². The van der Waals surface area contributed by atoms with Gasteiger partial charge in [-0.25, -0.2) is 8.42 Å². The van der Waals surface area contributed by atoms with E-state index in [4.69, 9.17) is 5.11 Å². The average molecular weight is 285 g/mol. The summed E-state index contributed by atoms with van der Waals surface area (Å²) in [6.45, 7) is 0.588. The first-order valence-electron chi connectivity index (χ1n) is 6.47. The monoisotopic (exact) mass is 285 g/mol.